The van der Waals surface area contributed by atoms with Gasteiger partial charge in [-0.15, -0.1) is 11.8 Å². The first kappa shape index (κ1) is 20.3. The highest BCUT2D eigenvalue weighted by molar-refractivity contribution is 7.99. The van der Waals surface area contributed by atoms with Gasteiger partial charge in [-0.1, -0.05) is 18.2 Å². The van der Waals surface area contributed by atoms with E-state index in [9.17, 15) is 4.79 Å². The van der Waals surface area contributed by atoms with Crippen molar-refractivity contribution in [2.24, 2.45) is 0 Å². The predicted molar refractivity (Wildman–Crippen MR) is 120 cm³/mol. The number of piperazine rings is 1. The summed E-state index contributed by atoms with van der Waals surface area (Å²) >= 11 is 1.58. The standard InChI is InChI=1S/C23H25N3O3S/c1-28-21-9-7-20(8-10-21)25-11-13-26(14-12-25)22(27)17-30-16-19-15-29-23(24-19)18-5-3-2-4-6-18/h2-10,15H,11-14,16-17H2,1H3. The quantitative estimate of drug-likeness (QED) is 0.574. The maximum absolute atomic E-state index is 12.6. The van der Waals surface area contributed by atoms with Crippen molar-refractivity contribution in [3.05, 3.63) is 66.6 Å². The van der Waals surface area contributed by atoms with Crippen LogP contribution in [0.25, 0.3) is 11.5 Å². The van der Waals surface area contributed by atoms with E-state index in [0.29, 0.717) is 17.4 Å². The van der Waals surface area contributed by atoms with Crippen LogP contribution in [0.15, 0.2) is 65.3 Å². The normalized spacial score (nSPS) is 14.0. The zero-order valence-electron chi connectivity index (χ0n) is 17.0. The summed E-state index contributed by atoms with van der Waals surface area (Å²) in [6, 6.07) is 17.9. The Morgan fingerprint density at radius 2 is 1.80 bits per heavy atom. The van der Waals surface area contributed by atoms with Crippen LogP contribution >= 0.6 is 11.8 Å². The molecular formula is C23H25N3O3S. The van der Waals surface area contributed by atoms with E-state index < -0.39 is 0 Å². The number of carbonyl (C=O) groups is 1. The molecule has 0 aliphatic carbocycles. The maximum atomic E-state index is 12.6. The van der Waals surface area contributed by atoms with Gasteiger partial charge in [0.1, 0.15) is 12.0 Å². The topological polar surface area (TPSA) is 58.8 Å². The Labute approximate surface area is 180 Å². The second-order valence-corrected chi connectivity index (χ2v) is 8.05. The summed E-state index contributed by atoms with van der Waals surface area (Å²) in [4.78, 5) is 21.3. The predicted octanol–water partition coefficient (Wildman–Crippen LogP) is 3.93. The molecule has 4 rings (SSSR count). The van der Waals surface area contributed by atoms with Crippen molar-refractivity contribution in [1.29, 1.82) is 0 Å². The van der Waals surface area contributed by atoms with E-state index in [1.165, 1.54) is 0 Å². The average molecular weight is 424 g/mol. The number of carbonyl (C=O) groups excluding carboxylic acids is 1. The number of thioether (sulfide) groups is 1. The van der Waals surface area contributed by atoms with E-state index in [2.05, 4.69) is 22.0 Å². The fraction of sp³-hybridized carbons (Fsp3) is 0.304. The van der Waals surface area contributed by atoms with Crippen molar-refractivity contribution in [2.45, 2.75) is 5.75 Å². The van der Waals surface area contributed by atoms with Crippen molar-refractivity contribution >= 4 is 23.4 Å². The van der Waals surface area contributed by atoms with Gasteiger partial charge >= 0.3 is 0 Å². The first-order valence-corrected chi connectivity index (χ1v) is 11.1. The van der Waals surface area contributed by atoms with Crippen molar-refractivity contribution in [1.82, 2.24) is 9.88 Å². The first-order valence-electron chi connectivity index (χ1n) is 9.97. The molecule has 1 aromatic heterocycles. The average Bonchev–Trinajstić information content (AvgIpc) is 3.29. The molecule has 2 aromatic carbocycles. The Kier molecular flexibility index (Phi) is 6.59. The minimum Gasteiger partial charge on any atom is -0.497 e. The van der Waals surface area contributed by atoms with Crippen LogP contribution in [0.1, 0.15) is 5.69 Å². The van der Waals surface area contributed by atoms with E-state index in [4.69, 9.17) is 9.15 Å². The molecule has 1 saturated heterocycles. The van der Waals surface area contributed by atoms with Crippen LogP contribution in [0.5, 0.6) is 5.75 Å². The molecular weight excluding hydrogens is 398 g/mol. The fourth-order valence-electron chi connectivity index (χ4n) is 3.43. The first-order chi connectivity index (χ1) is 14.7. The second-order valence-electron chi connectivity index (χ2n) is 7.07. The van der Waals surface area contributed by atoms with Crippen molar-refractivity contribution < 1.29 is 13.9 Å². The molecule has 0 radical (unpaired) electrons. The highest BCUT2D eigenvalue weighted by Crippen LogP contribution is 2.22. The molecule has 7 heteroatoms. The van der Waals surface area contributed by atoms with Gasteiger partial charge in [0.15, 0.2) is 0 Å². The molecule has 0 saturated carbocycles. The number of oxazole rings is 1. The van der Waals surface area contributed by atoms with Crippen LogP contribution in [0, 0.1) is 0 Å². The lowest BCUT2D eigenvalue weighted by molar-refractivity contribution is -0.128. The number of hydrogen-bond acceptors (Lipinski definition) is 6. The third-order valence-electron chi connectivity index (χ3n) is 5.12. The summed E-state index contributed by atoms with van der Waals surface area (Å²) in [5.74, 6) is 2.77. The van der Waals surface area contributed by atoms with Gasteiger partial charge < -0.3 is 19.0 Å². The maximum Gasteiger partial charge on any atom is 0.232 e. The molecule has 3 aromatic rings. The summed E-state index contributed by atoms with van der Waals surface area (Å²) in [6.07, 6.45) is 1.67. The van der Waals surface area contributed by atoms with Crippen LogP contribution in [0.2, 0.25) is 0 Å². The molecule has 156 valence electrons. The lowest BCUT2D eigenvalue weighted by Crippen LogP contribution is -2.49. The molecule has 0 unspecified atom stereocenters. The summed E-state index contributed by atoms with van der Waals surface area (Å²) in [6.45, 7) is 3.17. The molecule has 30 heavy (non-hydrogen) atoms. The van der Waals surface area contributed by atoms with E-state index in [0.717, 1.165) is 48.9 Å². The van der Waals surface area contributed by atoms with Gasteiger partial charge in [-0.3, -0.25) is 4.79 Å². The van der Waals surface area contributed by atoms with Gasteiger partial charge in [0.05, 0.1) is 18.6 Å². The van der Waals surface area contributed by atoms with Crippen LogP contribution in [0.4, 0.5) is 5.69 Å². The largest absolute Gasteiger partial charge is 0.497 e. The number of hydrogen-bond donors (Lipinski definition) is 0. The van der Waals surface area contributed by atoms with Gasteiger partial charge in [-0.2, -0.15) is 0 Å². The molecule has 0 atom stereocenters. The van der Waals surface area contributed by atoms with Crippen LogP contribution in [-0.4, -0.2) is 54.8 Å². The SMILES string of the molecule is COc1ccc(N2CCN(C(=O)CSCc3coc(-c4ccccc4)n3)CC2)cc1. The molecule has 0 bridgehead atoms. The van der Waals surface area contributed by atoms with Gasteiger partial charge in [0.2, 0.25) is 11.8 Å². The van der Waals surface area contributed by atoms with Crippen LogP contribution in [-0.2, 0) is 10.5 Å². The number of anilines is 1. The van der Waals surface area contributed by atoms with Crippen LogP contribution < -0.4 is 9.64 Å². The smallest absolute Gasteiger partial charge is 0.232 e. The molecule has 1 aliphatic heterocycles. The Bertz CT molecular complexity index is 951. The molecule has 0 N–H and O–H groups in total. The third kappa shape index (κ3) is 4.97. The number of ether oxygens (including phenoxy) is 1. The zero-order valence-corrected chi connectivity index (χ0v) is 17.8. The van der Waals surface area contributed by atoms with Crippen molar-refractivity contribution in [3.8, 4) is 17.2 Å². The third-order valence-corrected chi connectivity index (χ3v) is 6.07. The molecule has 1 fully saturated rings. The minimum absolute atomic E-state index is 0.182. The van der Waals surface area contributed by atoms with Gasteiger partial charge in [-0.05, 0) is 36.4 Å². The summed E-state index contributed by atoms with van der Waals surface area (Å²) in [7, 11) is 1.67. The number of rotatable bonds is 7. The second kappa shape index (κ2) is 9.71. The zero-order chi connectivity index (χ0) is 20.8. The van der Waals surface area contributed by atoms with E-state index in [-0.39, 0.29) is 5.91 Å². The lowest BCUT2D eigenvalue weighted by Gasteiger charge is -2.36. The number of amides is 1. The minimum atomic E-state index is 0.182. The Hall–Kier alpha value is -2.93. The highest BCUT2D eigenvalue weighted by Gasteiger charge is 2.21. The summed E-state index contributed by atoms with van der Waals surface area (Å²) in [5, 5.41) is 0. The van der Waals surface area contributed by atoms with Crippen molar-refractivity contribution in [2.75, 3.05) is 43.9 Å². The van der Waals surface area contributed by atoms with E-state index in [1.807, 2.05) is 47.4 Å². The van der Waals surface area contributed by atoms with E-state index >= 15 is 0 Å². The molecule has 1 aliphatic rings. The van der Waals surface area contributed by atoms with E-state index in [1.54, 1.807) is 25.1 Å². The number of benzene rings is 2. The Balaban J connectivity index is 1.21. The van der Waals surface area contributed by atoms with Crippen LogP contribution in [0.3, 0.4) is 0 Å². The summed E-state index contributed by atoms with van der Waals surface area (Å²) in [5.41, 5.74) is 2.98. The molecule has 2 heterocycles. The monoisotopic (exact) mass is 423 g/mol. The number of methoxy groups -OCH3 is 1. The van der Waals surface area contributed by atoms with Crippen molar-refractivity contribution in [3.63, 3.8) is 0 Å². The fourth-order valence-corrected chi connectivity index (χ4v) is 4.23. The highest BCUT2D eigenvalue weighted by atomic mass is 32.2. The Morgan fingerprint density at radius 1 is 1.07 bits per heavy atom. The Morgan fingerprint density at radius 3 is 2.50 bits per heavy atom. The lowest BCUT2D eigenvalue weighted by atomic mass is 10.2. The molecule has 0 spiro atoms. The van der Waals surface area contributed by atoms with Gasteiger partial charge in [-0.25, -0.2) is 4.98 Å². The summed E-state index contributed by atoms with van der Waals surface area (Å²) < 4.78 is 10.8. The van der Waals surface area contributed by atoms with Gasteiger partial charge in [0, 0.05) is 43.2 Å². The number of nitrogens with zero attached hydrogens (tertiary/aromatic N) is 3. The molecule has 6 nitrogen and oxygen atoms in total. The molecule has 1 amide bonds. The van der Waals surface area contributed by atoms with Gasteiger partial charge in [0.25, 0.3) is 0 Å². The number of aromatic nitrogens is 1.